The van der Waals surface area contributed by atoms with Crippen molar-refractivity contribution in [2.45, 2.75) is 62.7 Å². The molecular formula is C19H32N6O9S. The van der Waals surface area contributed by atoms with Crippen LogP contribution in [0.2, 0.25) is 0 Å². The molecule has 4 atom stereocenters. The summed E-state index contributed by atoms with van der Waals surface area (Å²) in [6, 6.07) is -5.61. The Morgan fingerprint density at radius 1 is 0.743 bits per heavy atom. The third kappa shape index (κ3) is 13.8. The van der Waals surface area contributed by atoms with E-state index < -0.39 is 78.5 Å². The number of nitrogens with one attached hydrogen (secondary N) is 3. The van der Waals surface area contributed by atoms with Gasteiger partial charge in [0, 0.05) is 12.8 Å². The standard InChI is InChI=1S/C19H32N6O9S/c1-35-7-6-9(20)16(30)23-10(3-5-15(28)29)17(31)25-12(8-14(22)27)18(32)24-11(19(33)34)2-4-13(21)26/h9-12H,2-8,20H2,1H3,(H2,21,26)(H2,22,27)(H,23,30)(H,24,32)(H,25,31)(H,28,29)(H,33,34). The van der Waals surface area contributed by atoms with Crippen LogP contribution in [0.1, 0.15) is 38.5 Å². The van der Waals surface area contributed by atoms with Crippen LogP contribution in [0.25, 0.3) is 0 Å². The first-order chi connectivity index (χ1) is 16.3. The quantitative estimate of drug-likeness (QED) is 0.0882. The van der Waals surface area contributed by atoms with Crippen molar-refractivity contribution in [2.24, 2.45) is 17.2 Å². The molecule has 35 heavy (non-hydrogen) atoms. The lowest BCUT2D eigenvalue weighted by Gasteiger charge is -2.24. The summed E-state index contributed by atoms with van der Waals surface area (Å²) < 4.78 is 0. The summed E-state index contributed by atoms with van der Waals surface area (Å²) in [6.07, 6.45) is -0.215. The fourth-order valence-corrected chi connectivity index (χ4v) is 3.18. The maximum Gasteiger partial charge on any atom is 0.326 e. The number of rotatable bonds is 18. The minimum absolute atomic E-state index is 0.287. The van der Waals surface area contributed by atoms with Gasteiger partial charge in [0.2, 0.25) is 29.5 Å². The second-order valence-electron chi connectivity index (χ2n) is 7.52. The maximum absolute atomic E-state index is 12.8. The van der Waals surface area contributed by atoms with Crippen LogP contribution in [0.3, 0.4) is 0 Å². The topological polar surface area (TPSA) is 274 Å². The molecule has 0 rings (SSSR count). The van der Waals surface area contributed by atoms with Gasteiger partial charge in [-0.15, -0.1) is 0 Å². The van der Waals surface area contributed by atoms with Crippen molar-refractivity contribution in [3.05, 3.63) is 0 Å². The molecule has 5 amide bonds. The summed E-state index contributed by atoms with van der Waals surface area (Å²) in [5.74, 6) is -6.85. The minimum atomic E-state index is -1.65. The first-order valence-corrected chi connectivity index (χ1v) is 11.8. The van der Waals surface area contributed by atoms with Gasteiger partial charge in [-0.1, -0.05) is 0 Å². The number of amides is 5. The van der Waals surface area contributed by atoms with Crippen molar-refractivity contribution < 1.29 is 43.8 Å². The minimum Gasteiger partial charge on any atom is -0.481 e. The summed E-state index contributed by atoms with van der Waals surface area (Å²) in [6.45, 7) is 0. The molecule has 0 saturated carbocycles. The molecule has 0 aliphatic carbocycles. The molecule has 11 N–H and O–H groups in total. The maximum atomic E-state index is 12.8. The number of carbonyl (C=O) groups excluding carboxylic acids is 5. The van der Waals surface area contributed by atoms with E-state index in [1.165, 1.54) is 11.8 Å². The Balaban J connectivity index is 5.55. The summed E-state index contributed by atoms with van der Waals surface area (Å²) in [5, 5.41) is 24.8. The first kappa shape index (κ1) is 31.6. The van der Waals surface area contributed by atoms with Crippen LogP contribution >= 0.6 is 11.8 Å². The molecule has 0 bridgehead atoms. The second-order valence-corrected chi connectivity index (χ2v) is 8.50. The molecule has 0 fully saturated rings. The van der Waals surface area contributed by atoms with Gasteiger partial charge in [-0.05, 0) is 31.3 Å². The van der Waals surface area contributed by atoms with Crippen molar-refractivity contribution >= 4 is 53.2 Å². The number of carboxylic acid groups (broad SMARTS) is 2. The lowest BCUT2D eigenvalue weighted by molar-refractivity contribution is -0.142. The molecule has 0 aliphatic rings. The van der Waals surface area contributed by atoms with Crippen molar-refractivity contribution in [1.29, 1.82) is 0 Å². The van der Waals surface area contributed by atoms with E-state index >= 15 is 0 Å². The average Bonchev–Trinajstić information content (AvgIpc) is 2.75. The van der Waals surface area contributed by atoms with E-state index in [0.29, 0.717) is 5.75 Å². The molecule has 0 aromatic rings. The Bertz CT molecular complexity index is 810. The number of primary amides is 2. The van der Waals surface area contributed by atoms with Crippen LogP contribution in [0.4, 0.5) is 0 Å². The van der Waals surface area contributed by atoms with E-state index in [1.807, 2.05) is 0 Å². The molecule has 0 aliphatic heterocycles. The summed E-state index contributed by atoms with van der Waals surface area (Å²) in [5.41, 5.74) is 15.9. The molecule has 0 saturated heterocycles. The zero-order valence-corrected chi connectivity index (χ0v) is 20.0. The van der Waals surface area contributed by atoms with Gasteiger partial charge in [-0.3, -0.25) is 28.8 Å². The van der Waals surface area contributed by atoms with Crippen LogP contribution in [0.15, 0.2) is 0 Å². The highest BCUT2D eigenvalue weighted by Crippen LogP contribution is 2.05. The van der Waals surface area contributed by atoms with E-state index in [4.69, 9.17) is 22.3 Å². The monoisotopic (exact) mass is 520 g/mol. The van der Waals surface area contributed by atoms with Crippen LogP contribution in [0.5, 0.6) is 0 Å². The third-order valence-electron chi connectivity index (χ3n) is 4.58. The third-order valence-corrected chi connectivity index (χ3v) is 5.23. The predicted octanol–water partition coefficient (Wildman–Crippen LogP) is -3.39. The van der Waals surface area contributed by atoms with Crippen LogP contribution in [-0.4, -0.2) is 87.9 Å². The van der Waals surface area contributed by atoms with Gasteiger partial charge in [0.25, 0.3) is 0 Å². The van der Waals surface area contributed by atoms with Gasteiger partial charge >= 0.3 is 11.9 Å². The van der Waals surface area contributed by atoms with Crippen LogP contribution < -0.4 is 33.2 Å². The van der Waals surface area contributed by atoms with Gasteiger partial charge in [0.1, 0.15) is 18.1 Å². The fraction of sp³-hybridized carbons (Fsp3) is 0.632. The summed E-state index contributed by atoms with van der Waals surface area (Å²) in [7, 11) is 0. The molecule has 0 aromatic carbocycles. The van der Waals surface area contributed by atoms with Gasteiger partial charge in [0.15, 0.2) is 0 Å². The molecule has 4 unspecified atom stereocenters. The second kappa shape index (κ2) is 16.3. The molecule has 0 heterocycles. The molecule has 198 valence electrons. The number of nitrogens with two attached hydrogens (primary N) is 3. The number of carbonyl (C=O) groups is 7. The van der Waals surface area contributed by atoms with Crippen molar-refractivity contribution in [1.82, 2.24) is 16.0 Å². The Kier molecular flexibility index (Phi) is 14.7. The Hall–Kier alpha value is -3.40. The number of thioether (sulfide) groups is 1. The number of hydrogen-bond acceptors (Lipinski definition) is 9. The molecule has 0 radical (unpaired) electrons. The Morgan fingerprint density at radius 3 is 1.74 bits per heavy atom. The molecule has 0 aromatic heterocycles. The summed E-state index contributed by atoms with van der Waals surface area (Å²) >= 11 is 1.44. The lowest BCUT2D eigenvalue weighted by Crippen LogP contribution is -2.57. The largest absolute Gasteiger partial charge is 0.481 e. The van der Waals surface area contributed by atoms with Crippen molar-refractivity contribution in [2.75, 3.05) is 12.0 Å². The predicted molar refractivity (Wildman–Crippen MR) is 124 cm³/mol. The average molecular weight is 521 g/mol. The number of aliphatic carboxylic acids is 2. The van der Waals surface area contributed by atoms with Gasteiger partial charge in [-0.25, -0.2) is 4.79 Å². The lowest BCUT2D eigenvalue weighted by atomic mass is 10.1. The highest BCUT2D eigenvalue weighted by atomic mass is 32.2. The normalized spacial score (nSPS) is 14.0. The smallest absolute Gasteiger partial charge is 0.326 e. The van der Waals surface area contributed by atoms with Crippen molar-refractivity contribution in [3.8, 4) is 0 Å². The van der Waals surface area contributed by atoms with E-state index in [0.717, 1.165) is 0 Å². The SMILES string of the molecule is CSCCC(N)C(=O)NC(CCC(=O)O)C(=O)NC(CC(N)=O)C(=O)NC(CCC(N)=O)C(=O)O. The van der Waals surface area contributed by atoms with E-state index in [-0.39, 0.29) is 25.7 Å². The number of carboxylic acids is 2. The van der Waals surface area contributed by atoms with E-state index in [9.17, 15) is 38.7 Å². The molecule has 0 spiro atoms. The first-order valence-electron chi connectivity index (χ1n) is 10.4. The highest BCUT2D eigenvalue weighted by Gasteiger charge is 2.31. The number of hydrogen-bond donors (Lipinski definition) is 8. The Labute approximate surface area is 205 Å². The highest BCUT2D eigenvalue weighted by molar-refractivity contribution is 7.98. The van der Waals surface area contributed by atoms with Crippen molar-refractivity contribution in [3.63, 3.8) is 0 Å². The molecule has 15 nitrogen and oxygen atoms in total. The van der Waals surface area contributed by atoms with Gasteiger partial charge in [0.05, 0.1) is 12.5 Å². The van der Waals surface area contributed by atoms with Gasteiger partial charge in [-0.2, -0.15) is 11.8 Å². The fourth-order valence-electron chi connectivity index (χ4n) is 2.69. The molecular weight excluding hydrogens is 488 g/mol. The van der Waals surface area contributed by atoms with E-state index in [2.05, 4.69) is 16.0 Å². The van der Waals surface area contributed by atoms with Crippen LogP contribution in [0, 0.1) is 0 Å². The zero-order chi connectivity index (χ0) is 27.1. The Morgan fingerprint density at radius 2 is 1.26 bits per heavy atom. The zero-order valence-electron chi connectivity index (χ0n) is 19.2. The van der Waals surface area contributed by atoms with Gasteiger partial charge < -0.3 is 43.4 Å². The van der Waals surface area contributed by atoms with E-state index in [1.54, 1.807) is 6.26 Å². The summed E-state index contributed by atoms with van der Waals surface area (Å²) in [4.78, 5) is 82.4. The van der Waals surface area contributed by atoms with Crippen LogP contribution in [-0.2, 0) is 33.6 Å². The molecule has 16 heteroatoms.